The molecular formula is C22H26N4O2. The molecule has 28 heavy (non-hydrogen) atoms. The highest BCUT2D eigenvalue weighted by atomic mass is 16.2. The number of anilines is 1. The summed E-state index contributed by atoms with van der Waals surface area (Å²) in [6, 6.07) is 16.8. The molecule has 2 aromatic rings. The van der Waals surface area contributed by atoms with Crippen molar-refractivity contribution in [3.05, 3.63) is 71.4 Å². The third kappa shape index (κ3) is 4.98. The molecule has 6 heteroatoms. The molecule has 0 aliphatic carbocycles. The summed E-state index contributed by atoms with van der Waals surface area (Å²) in [5, 5.41) is 6.05. The number of nitrogens with one attached hydrogen (secondary N) is 2. The van der Waals surface area contributed by atoms with Crippen LogP contribution in [0.1, 0.15) is 15.9 Å². The topological polar surface area (TPSA) is 64.7 Å². The van der Waals surface area contributed by atoms with Gasteiger partial charge < -0.3 is 20.4 Å². The fourth-order valence-electron chi connectivity index (χ4n) is 3.01. The van der Waals surface area contributed by atoms with Gasteiger partial charge in [0.2, 0.25) is 0 Å². The van der Waals surface area contributed by atoms with Crippen molar-refractivity contribution in [2.24, 2.45) is 0 Å². The van der Waals surface area contributed by atoms with Crippen molar-refractivity contribution in [1.82, 2.24) is 15.5 Å². The smallest absolute Gasteiger partial charge is 0.270 e. The van der Waals surface area contributed by atoms with Crippen LogP contribution in [0.15, 0.2) is 60.3 Å². The highest BCUT2D eigenvalue weighted by Gasteiger charge is 2.22. The lowest BCUT2D eigenvalue weighted by molar-refractivity contribution is -0.127. The van der Waals surface area contributed by atoms with E-state index in [9.17, 15) is 9.59 Å². The average molecular weight is 378 g/mol. The maximum absolute atomic E-state index is 13.1. The molecule has 1 heterocycles. The summed E-state index contributed by atoms with van der Waals surface area (Å²) in [6.07, 6.45) is 1.74. The van der Waals surface area contributed by atoms with Gasteiger partial charge in [-0.15, -0.1) is 0 Å². The number of benzene rings is 2. The number of hydrogen-bond donors (Lipinski definition) is 2. The molecule has 0 unspecified atom stereocenters. The second kappa shape index (κ2) is 9.19. The Kier molecular flexibility index (Phi) is 6.45. The Morgan fingerprint density at radius 1 is 1.00 bits per heavy atom. The second-order valence-electron chi connectivity index (χ2n) is 6.91. The molecule has 3 rings (SSSR count). The summed E-state index contributed by atoms with van der Waals surface area (Å²) in [5.41, 5.74) is 2.73. The van der Waals surface area contributed by atoms with E-state index in [0.29, 0.717) is 18.7 Å². The maximum Gasteiger partial charge on any atom is 0.270 e. The highest BCUT2D eigenvalue weighted by Crippen LogP contribution is 2.15. The molecule has 2 N–H and O–H groups in total. The number of carbonyl (C=O) groups is 2. The third-order valence-corrected chi connectivity index (χ3v) is 4.64. The van der Waals surface area contributed by atoms with Gasteiger partial charge in [0, 0.05) is 51.5 Å². The van der Waals surface area contributed by atoms with E-state index in [2.05, 4.69) is 10.6 Å². The van der Waals surface area contributed by atoms with Crippen LogP contribution in [0.2, 0.25) is 0 Å². The minimum absolute atomic E-state index is 0.164. The van der Waals surface area contributed by atoms with Crippen LogP contribution >= 0.6 is 0 Å². The molecule has 1 saturated heterocycles. The Bertz CT molecular complexity index is 839. The van der Waals surface area contributed by atoms with Crippen LogP contribution in [0.4, 0.5) is 5.69 Å². The predicted molar refractivity (Wildman–Crippen MR) is 112 cm³/mol. The standard InChI is InChI=1S/C22H26N4O2/c1-25(2)19-10-8-17(9-11-19)16-20(22(28)26-14-12-23-13-15-26)24-21(27)18-6-4-3-5-7-18/h3-11,16,23H,12-15H2,1-2H3,(H,24,27)/b20-16-. The van der Waals surface area contributed by atoms with Gasteiger partial charge in [-0.1, -0.05) is 30.3 Å². The molecular weight excluding hydrogens is 352 g/mol. The molecule has 0 aromatic heterocycles. The summed E-state index contributed by atoms with van der Waals surface area (Å²) in [7, 11) is 3.95. The maximum atomic E-state index is 13.1. The first-order valence-electron chi connectivity index (χ1n) is 9.40. The molecule has 0 spiro atoms. The van der Waals surface area contributed by atoms with E-state index in [4.69, 9.17) is 0 Å². The number of rotatable bonds is 5. The van der Waals surface area contributed by atoms with Crippen LogP contribution in [0.3, 0.4) is 0 Å². The predicted octanol–water partition coefficient (Wildman–Crippen LogP) is 1.96. The van der Waals surface area contributed by atoms with Crippen molar-refractivity contribution in [3.63, 3.8) is 0 Å². The summed E-state index contributed by atoms with van der Waals surface area (Å²) >= 11 is 0. The quantitative estimate of drug-likeness (QED) is 0.781. The van der Waals surface area contributed by atoms with Crippen molar-refractivity contribution in [2.75, 3.05) is 45.2 Å². The molecule has 0 radical (unpaired) electrons. The summed E-state index contributed by atoms with van der Waals surface area (Å²) in [6.45, 7) is 2.75. The van der Waals surface area contributed by atoms with Gasteiger partial charge in [0.15, 0.2) is 0 Å². The van der Waals surface area contributed by atoms with E-state index in [-0.39, 0.29) is 17.5 Å². The lowest BCUT2D eigenvalue weighted by atomic mass is 10.1. The fourth-order valence-corrected chi connectivity index (χ4v) is 3.01. The monoisotopic (exact) mass is 378 g/mol. The van der Waals surface area contributed by atoms with Crippen molar-refractivity contribution < 1.29 is 9.59 Å². The molecule has 0 atom stereocenters. The van der Waals surface area contributed by atoms with Crippen molar-refractivity contribution in [1.29, 1.82) is 0 Å². The van der Waals surface area contributed by atoms with Gasteiger partial charge in [-0.05, 0) is 35.9 Å². The molecule has 1 aliphatic rings. The van der Waals surface area contributed by atoms with Gasteiger partial charge in [-0.25, -0.2) is 0 Å². The zero-order valence-corrected chi connectivity index (χ0v) is 16.3. The first-order valence-corrected chi connectivity index (χ1v) is 9.40. The molecule has 146 valence electrons. The van der Waals surface area contributed by atoms with Crippen LogP contribution in [0.25, 0.3) is 6.08 Å². The summed E-state index contributed by atoms with van der Waals surface area (Å²) < 4.78 is 0. The lowest BCUT2D eigenvalue weighted by Gasteiger charge is -2.28. The first-order chi connectivity index (χ1) is 13.5. The molecule has 6 nitrogen and oxygen atoms in total. The van der Waals surface area contributed by atoms with E-state index in [1.807, 2.05) is 49.3 Å². The molecule has 1 fully saturated rings. The van der Waals surface area contributed by atoms with Gasteiger partial charge >= 0.3 is 0 Å². The van der Waals surface area contributed by atoms with Crippen LogP contribution in [-0.2, 0) is 4.79 Å². The molecule has 2 amide bonds. The number of carbonyl (C=O) groups excluding carboxylic acids is 2. The number of hydrogen-bond acceptors (Lipinski definition) is 4. The SMILES string of the molecule is CN(C)c1ccc(/C=C(\NC(=O)c2ccccc2)C(=O)N2CCNCC2)cc1. The minimum atomic E-state index is -0.291. The van der Waals surface area contributed by atoms with Crippen molar-refractivity contribution >= 4 is 23.6 Å². The Labute approximate surface area is 165 Å². The number of piperazine rings is 1. The lowest BCUT2D eigenvalue weighted by Crippen LogP contribution is -2.48. The van der Waals surface area contributed by atoms with E-state index < -0.39 is 0 Å². The second-order valence-corrected chi connectivity index (χ2v) is 6.91. The molecule has 0 saturated carbocycles. The summed E-state index contributed by atoms with van der Waals surface area (Å²) in [4.78, 5) is 29.5. The zero-order chi connectivity index (χ0) is 19.9. The van der Waals surface area contributed by atoms with E-state index in [1.165, 1.54) is 0 Å². The third-order valence-electron chi connectivity index (χ3n) is 4.64. The Morgan fingerprint density at radius 3 is 2.25 bits per heavy atom. The van der Waals surface area contributed by atoms with E-state index in [0.717, 1.165) is 24.3 Å². The summed E-state index contributed by atoms with van der Waals surface area (Å²) in [5.74, 6) is -0.456. The van der Waals surface area contributed by atoms with Crippen LogP contribution in [-0.4, -0.2) is 57.0 Å². The average Bonchev–Trinajstić information content (AvgIpc) is 2.74. The van der Waals surface area contributed by atoms with Crippen LogP contribution in [0, 0.1) is 0 Å². The van der Waals surface area contributed by atoms with Crippen LogP contribution in [0.5, 0.6) is 0 Å². The zero-order valence-electron chi connectivity index (χ0n) is 16.3. The minimum Gasteiger partial charge on any atom is -0.378 e. The fraction of sp³-hybridized carbons (Fsp3) is 0.273. The Hall–Kier alpha value is -3.12. The van der Waals surface area contributed by atoms with Gasteiger partial charge in [0.25, 0.3) is 11.8 Å². The van der Waals surface area contributed by atoms with Gasteiger partial charge in [-0.2, -0.15) is 0 Å². The van der Waals surface area contributed by atoms with E-state index >= 15 is 0 Å². The molecule has 2 aromatic carbocycles. The largest absolute Gasteiger partial charge is 0.378 e. The van der Waals surface area contributed by atoms with Gasteiger partial charge in [-0.3, -0.25) is 9.59 Å². The Morgan fingerprint density at radius 2 is 1.64 bits per heavy atom. The molecule has 0 bridgehead atoms. The van der Waals surface area contributed by atoms with Crippen molar-refractivity contribution in [3.8, 4) is 0 Å². The number of amides is 2. The van der Waals surface area contributed by atoms with Gasteiger partial charge in [0.1, 0.15) is 5.70 Å². The highest BCUT2D eigenvalue weighted by molar-refractivity contribution is 6.05. The van der Waals surface area contributed by atoms with Crippen LogP contribution < -0.4 is 15.5 Å². The van der Waals surface area contributed by atoms with Gasteiger partial charge in [0.05, 0.1) is 0 Å². The van der Waals surface area contributed by atoms with E-state index in [1.54, 1.807) is 35.2 Å². The first kappa shape index (κ1) is 19.6. The van der Waals surface area contributed by atoms with Crippen molar-refractivity contribution in [2.45, 2.75) is 0 Å². The number of nitrogens with zero attached hydrogens (tertiary/aromatic N) is 2. The molecule has 1 aliphatic heterocycles. The normalized spacial score (nSPS) is 14.5. The Balaban J connectivity index is 1.86.